The lowest BCUT2D eigenvalue weighted by Gasteiger charge is -2.00. The van der Waals surface area contributed by atoms with Crippen molar-refractivity contribution in [1.82, 2.24) is 20.3 Å². The van der Waals surface area contributed by atoms with E-state index in [1.807, 2.05) is 13.8 Å². The van der Waals surface area contributed by atoms with Gasteiger partial charge in [-0.2, -0.15) is 0 Å². The number of amides is 1. The molecule has 72 valence electrons. The van der Waals surface area contributed by atoms with Crippen LogP contribution in [0, 0.1) is 6.92 Å². The van der Waals surface area contributed by atoms with Gasteiger partial charge in [-0.15, -0.1) is 5.10 Å². The van der Waals surface area contributed by atoms with Gasteiger partial charge in [-0.3, -0.25) is 9.48 Å². The predicted octanol–water partition coefficient (Wildman–Crippen LogP) is 0.263. The summed E-state index contributed by atoms with van der Waals surface area (Å²) in [6.07, 6.45) is 0.922. The fourth-order valence-corrected chi connectivity index (χ4v) is 0.936. The van der Waals surface area contributed by atoms with Gasteiger partial charge in [0.15, 0.2) is 5.69 Å². The third-order valence-corrected chi connectivity index (χ3v) is 1.86. The summed E-state index contributed by atoms with van der Waals surface area (Å²) in [4.78, 5) is 11.4. The summed E-state index contributed by atoms with van der Waals surface area (Å²) in [6, 6.07) is 0. The molecule has 13 heavy (non-hydrogen) atoms. The fraction of sp³-hybridized carbons (Fsp3) is 0.625. The molecule has 1 rings (SSSR count). The van der Waals surface area contributed by atoms with Crippen molar-refractivity contribution in [2.24, 2.45) is 7.05 Å². The summed E-state index contributed by atoms with van der Waals surface area (Å²) in [5, 5.41) is 10.3. The van der Waals surface area contributed by atoms with E-state index in [1.165, 1.54) is 0 Å². The number of hydrogen-bond donors (Lipinski definition) is 1. The first-order chi connectivity index (χ1) is 6.16. The molecular formula is C8H14N4O. The van der Waals surface area contributed by atoms with Crippen LogP contribution in [0.1, 0.15) is 29.5 Å². The van der Waals surface area contributed by atoms with Crippen LogP contribution >= 0.6 is 0 Å². The number of nitrogens with zero attached hydrogens (tertiary/aromatic N) is 3. The maximum absolute atomic E-state index is 11.4. The molecule has 0 atom stereocenters. The van der Waals surface area contributed by atoms with Crippen molar-refractivity contribution in [3.05, 3.63) is 11.4 Å². The quantitative estimate of drug-likeness (QED) is 0.729. The Morgan fingerprint density at radius 1 is 1.62 bits per heavy atom. The Hall–Kier alpha value is -1.39. The second kappa shape index (κ2) is 4.02. The third-order valence-electron chi connectivity index (χ3n) is 1.86. The van der Waals surface area contributed by atoms with Crippen molar-refractivity contribution in [1.29, 1.82) is 0 Å². The predicted molar refractivity (Wildman–Crippen MR) is 48.4 cm³/mol. The van der Waals surface area contributed by atoms with E-state index in [0.717, 1.165) is 12.1 Å². The van der Waals surface area contributed by atoms with Gasteiger partial charge < -0.3 is 5.32 Å². The highest BCUT2D eigenvalue weighted by Gasteiger charge is 2.13. The second-order valence-corrected chi connectivity index (χ2v) is 2.90. The van der Waals surface area contributed by atoms with Crippen molar-refractivity contribution in [3.63, 3.8) is 0 Å². The van der Waals surface area contributed by atoms with Gasteiger partial charge in [-0.05, 0) is 13.3 Å². The normalized spacial score (nSPS) is 10.1. The first-order valence-electron chi connectivity index (χ1n) is 4.31. The van der Waals surface area contributed by atoms with E-state index in [9.17, 15) is 4.79 Å². The van der Waals surface area contributed by atoms with Crippen LogP contribution in [0.4, 0.5) is 0 Å². The maximum Gasteiger partial charge on any atom is 0.273 e. The van der Waals surface area contributed by atoms with Gasteiger partial charge in [-0.1, -0.05) is 12.1 Å². The van der Waals surface area contributed by atoms with Gasteiger partial charge in [0.1, 0.15) is 0 Å². The summed E-state index contributed by atoms with van der Waals surface area (Å²) in [5.74, 6) is -0.146. The Kier molecular flexibility index (Phi) is 3.00. The van der Waals surface area contributed by atoms with E-state index < -0.39 is 0 Å². The average molecular weight is 182 g/mol. The number of aromatic nitrogens is 3. The van der Waals surface area contributed by atoms with Crippen LogP contribution in [0.2, 0.25) is 0 Å². The largest absolute Gasteiger partial charge is 0.351 e. The van der Waals surface area contributed by atoms with Crippen LogP contribution in [-0.4, -0.2) is 27.4 Å². The fourth-order valence-electron chi connectivity index (χ4n) is 0.936. The molecule has 0 bridgehead atoms. The molecule has 1 heterocycles. The number of aryl methyl sites for hydroxylation is 1. The third kappa shape index (κ3) is 2.05. The monoisotopic (exact) mass is 182 g/mol. The van der Waals surface area contributed by atoms with Crippen molar-refractivity contribution >= 4 is 5.91 Å². The zero-order valence-corrected chi connectivity index (χ0v) is 8.16. The van der Waals surface area contributed by atoms with Crippen molar-refractivity contribution in [2.75, 3.05) is 6.54 Å². The molecule has 5 heteroatoms. The van der Waals surface area contributed by atoms with E-state index >= 15 is 0 Å². The Labute approximate surface area is 77.1 Å². The maximum atomic E-state index is 11.4. The first-order valence-corrected chi connectivity index (χ1v) is 4.31. The lowest BCUT2D eigenvalue weighted by atomic mass is 10.3. The molecule has 0 radical (unpaired) electrons. The minimum Gasteiger partial charge on any atom is -0.351 e. The van der Waals surface area contributed by atoms with E-state index in [4.69, 9.17) is 0 Å². The van der Waals surface area contributed by atoms with E-state index in [1.54, 1.807) is 11.7 Å². The zero-order chi connectivity index (χ0) is 9.84. The molecule has 0 spiro atoms. The molecular weight excluding hydrogens is 168 g/mol. The smallest absolute Gasteiger partial charge is 0.273 e. The Morgan fingerprint density at radius 2 is 2.31 bits per heavy atom. The summed E-state index contributed by atoms with van der Waals surface area (Å²) in [7, 11) is 1.76. The molecule has 5 nitrogen and oxygen atoms in total. The first kappa shape index (κ1) is 9.70. The summed E-state index contributed by atoms with van der Waals surface area (Å²) >= 11 is 0. The summed E-state index contributed by atoms with van der Waals surface area (Å²) in [6.45, 7) is 4.50. The summed E-state index contributed by atoms with van der Waals surface area (Å²) in [5.41, 5.74) is 1.20. The lowest BCUT2D eigenvalue weighted by Crippen LogP contribution is -2.25. The molecule has 0 aromatic carbocycles. The topological polar surface area (TPSA) is 59.8 Å². The van der Waals surface area contributed by atoms with Gasteiger partial charge >= 0.3 is 0 Å². The standard InChI is InChI=1S/C8H14N4O/c1-4-5-9-8(13)7-6(2)12(3)11-10-7/h4-5H2,1-3H3,(H,9,13). The lowest BCUT2D eigenvalue weighted by molar-refractivity contribution is 0.0948. The molecule has 0 fully saturated rings. The number of nitrogens with one attached hydrogen (secondary N) is 1. The Morgan fingerprint density at radius 3 is 2.77 bits per heavy atom. The Bertz CT molecular complexity index is 305. The van der Waals surface area contributed by atoms with Crippen LogP contribution in [0.3, 0.4) is 0 Å². The van der Waals surface area contributed by atoms with Crippen molar-refractivity contribution in [3.8, 4) is 0 Å². The average Bonchev–Trinajstić information content (AvgIpc) is 2.44. The molecule has 0 aliphatic heterocycles. The van der Waals surface area contributed by atoms with Crippen LogP contribution in [0.15, 0.2) is 0 Å². The molecule has 0 unspecified atom stereocenters. The minimum atomic E-state index is -0.146. The molecule has 0 aliphatic rings. The molecule has 1 N–H and O–H groups in total. The molecule has 0 saturated heterocycles. The van der Waals surface area contributed by atoms with Crippen LogP contribution in [0.5, 0.6) is 0 Å². The van der Waals surface area contributed by atoms with Crippen LogP contribution in [-0.2, 0) is 7.05 Å². The van der Waals surface area contributed by atoms with Gasteiger partial charge in [0.25, 0.3) is 5.91 Å². The highest BCUT2D eigenvalue weighted by molar-refractivity contribution is 5.93. The van der Waals surface area contributed by atoms with E-state index in [-0.39, 0.29) is 5.91 Å². The van der Waals surface area contributed by atoms with Gasteiger partial charge in [-0.25, -0.2) is 0 Å². The van der Waals surface area contributed by atoms with Gasteiger partial charge in [0.05, 0.1) is 5.69 Å². The van der Waals surface area contributed by atoms with Crippen molar-refractivity contribution in [2.45, 2.75) is 20.3 Å². The minimum absolute atomic E-state index is 0.146. The molecule has 1 aromatic heterocycles. The zero-order valence-electron chi connectivity index (χ0n) is 8.16. The van der Waals surface area contributed by atoms with E-state index in [0.29, 0.717) is 12.2 Å². The summed E-state index contributed by atoms with van der Waals surface area (Å²) < 4.78 is 1.58. The van der Waals surface area contributed by atoms with Crippen LogP contribution in [0.25, 0.3) is 0 Å². The number of carbonyl (C=O) groups excluding carboxylic acids is 1. The van der Waals surface area contributed by atoms with Crippen LogP contribution < -0.4 is 5.32 Å². The molecule has 0 aliphatic carbocycles. The van der Waals surface area contributed by atoms with Gasteiger partial charge in [0.2, 0.25) is 0 Å². The highest BCUT2D eigenvalue weighted by Crippen LogP contribution is 2.00. The van der Waals surface area contributed by atoms with Gasteiger partial charge in [0, 0.05) is 13.6 Å². The highest BCUT2D eigenvalue weighted by atomic mass is 16.2. The Balaban J connectivity index is 2.71. The molecule has 0 saturated carbocycles. The number of carbonyl (C=O) groups is 1. The van der Waals surface area contributed by atoms with Crippen molar-refractivity contribution < 1.29 is 4.79 Å². The molecule has 1 amide bonds. The van der Waals surface area contributed by atoms with E-state index in [2.05, 4.69) is 15.6 Å². The second-order valence-electron chi connectivity index (χ2n) is 2.90. The number of hydrogen-bond acceptors (Lipinski definition) is 3. The SMILES string of the molecule is CCCNC(=O)c1nnn(C)c1C. The number of rotatable bonds is 3. The molecule has 1 aromatic rings.